The first kappa shape index (κ1) is 16.4. The Labute approximate surface area is 140 Å². The van der Waals surface area contributed by atoms with Gasteiger partial charge in [0, 0.05) is 37.0 Å². The second-order valence-electron chi connectivity index (χ2n) is 5.90. The molecule has 0 bridgehead atoms. The van der Waals surface area contributed by atoms with Crippen LogP contribution >= 0.6 is 0 Å². The van der Waals surface area contributed by atoms with Gasteiger partial charge in [0.05, 0.1) is 11.8 Å². The molecule has 1 aromatic heterocycles. The molecule has 126 valence electrons. The zero-order valence-corrected chi connectivity index (χ0v) is 13.3. The zero-order chi connectivity index (χ0) is 16.9. The number of nitrogens with zero attached hydrogens (tertiary/aromatic N) is 2. The second-order valence-corrected chi connectivity index (χ2v) is 5.90. The molecule has 0 saturated carbocycles. The number of ether oxygens (including phenoxy) is 1. The maximum atomic E-state index is 10.8. The van der Waals surface area contributed by atoms with E-state index in [4.69, 9.17) is 9.84 Å². The van der Waals surface area contributed by atoms with Crippen molar-refractivity contribution in [1.29, 1.82) is 0 Å². The van der Waals surface area contributed by atoms with E-state index in [9.17, 15) is 9.90 Å². The molecular weight excluding hydrogens is 308 g/mol. The molecular formula is C18H20N2O4. The predicted molar refractivity (Wildman–Crippen MR) is 88.7 cm³/mol. The van der Waals surface area contributed by atoms with E-state index < -0.39 is 5.97 Å². The van der Waals surface area contributed by atoms with Gasteiger partial charge in [0.2, 0.25) is 0 Å². The lowest BCUT2D eigenvalue weighted by Gasteiger charge is -2.18. The van der Waals surface area contributed by atoms with Crippen molar-refractivity contribution < 1.29 is 19.7 Å². The summed E-state index contributed by atoms with van der Waals surface area (Å²) in [6, 6.07) is 11.4. The number of benzene rings is 1. The number of β-amino-alcohol motifs (C(OH)–C–C–N with tert-alkyl or cyclic N) is 1. The van der Waals surface area contributed by atoms with Gasteiger partial charge in [0.25, 0.3) is 0 Å². The Balaban J connectivity index is 1.86. The number of hydrogen-bond acceptors (Lipinski definition) is 5. The minimum absolute atomic E-state index is 0.299. The monoisotopic (exact) mass is 328 g/mol. The number of aliphatic hydroxyl groups excluding tert-OH is 1. The minimum Gasteiger partial charge on any atom is -0.482 e. The normalized spacial score (nSPS) is 17.8. The Bertz CT molecular complexity index is 705. The Morgan fingerprint density at radius 3 is 2.88 bits per heavy atom. The van der Waals surface area contributed by atoms with Gasteiger partial charge >= 0.3 is 5.97 Å². The molecule has 1 fully saturated rings. The lowest BCUT2D eigenvalue weighted by molar-refractivity contribution is -0.139. The number of aliphatic carboxylic acids is 1. The van der Waals surface area contributed by atoms with Crippen LogP contribution in [0.4, 0.5) is 0 Å². The minimum atomic E-state index is -1.01. The van der Waals surface area contributed by atoms with Gasteiger partial charge in [0.15, 0.2) is 6.61 Å². The van der Waals surface area contributed by atoms with Gasteiger partial charge in [-0.05, 0) is 36.8 Å². The largest absolute Gasteiger partial charge is 0.482 e. The second kappa shape index (κ2) is 7.42. The summed E-state index contributed by atoms with van der Waals surface area (Å²) >= 11 is 0. The average Bonchev–Trinajstić information content (AvgIpc) is 2.99. The van der Waals surface area contributed by atoms with Crippen molar-refractivity contribution >= 4 is 5.97 Å². The molecule has 2 N–H and O–H groups in total. The summed E-state index contributed by atoms with van der Waals surface area (Å²) in [6.45, 7) is 1.66. The summed E-state index contributed by atoms with van der Waals surface area (Å²) in [6.07, 6.45) is 2.19. The van der Waals surface area contributed by atoms with E-state index in [1.54, 1.807) is 12.3 Å². The van der Waals surface area contributed by atoms with E-state index in [0.717, 1.165) is 29.8 Å². The molecule has 24 heavy (non-hydrogen) atoms. The van der Waals surface area contributed by atoms with E-state index in [1.165, 1.54) is 0 Å². The molecule has 0 amide bonds. The fourth-order valence-corrected chi connectivity index (χ4v) is 2.87. The van der Waals surface area contributed by atoms with Crippen LogP contribution in [-0.4, -0.2) is 51.9 Å². The standard InChI is InChI=1S/C18H20N2O4/c21-15-6-8-20(11-15)10-14-9-13(16-3-1-2-7-19-16)4-5-17(14)24-12-18(22)23/h1-5,7,9,15,21H,6,8,10-12H2,(H,22,23)/t15-/m1/s1. The van der Waals surface area contributed by atoms with Crippen molar-refractivity contribution in [3.05, 3.63) is 48.2 Å². The molecule has 2 heterocycles. The SMILES string of the molecule is O=C(O)COc1ccc(-c2ccccn2)cc1CN1CC[C@@H](O)C1. The smallest absolute Gasteiger partial charge is 0.341 e. The lowest BCUT2D eigenvalue weighted by Crippen LogP contribution is -2.22. The van der Waals surface area contributed by atoms with Crippen molar-refractivity contribution in [3.63, 3.8) is 0 Å². The number of carbonyl (C=O) groups is 1. The molecule has 6 heteroatoms. The molecule has 0 radical (unpaired) electrons. The van der Waals surface area contributed by atoms with Crippen molar-refractivity contribution in [1.82, 2.24) is 9.88 Å². The number of hydrogen-bond donors (Lipinski definition) is 2. The van der Waals surface area contributed by atoms with E-state index in [1.807, 2.05) is 30.3 Å². The molecule has 0 unspecified atom stereocenters. The molecule has 3 rings (SSSR count). The summed E-state index contributed by atoms with van der Waals surface area (Å²) in [5, 5.41) is 18.5. The third-order valence-electron chi connectivity index (χ3n) is 4.01. The molecule has 0 aliphatic carbocycles. The number of likely N-dealkylation sites (tertiary alicyclic amines) is 1. The Morgan fingerprint density at radius 1 is 1.33 bits per heavy atom. The molecule has 1 aromatic carbocycles. The molecule has 6 nitrogen and oxygen atoms in total. The molecule has 1 aliphatic rings. The van der Waals surface area contributed by atoms with Crippen LogP contribution in [0.15, 0.2) is 42.6 Å². The lowest BCUT2D eigenvalue weighted by atomic mass is 10.1. The summed E-state index contributed by atoms with van der Waals surface area (Å²) in [7, 11) is 0. The van der Waals surface area contributed by atoms with E-state index in [0.29, 0.717) is 18.8 Å². The van der Waals surface area contributed by atoms with Gasteiger partial charge in [-0.1, -0.05) is 6.07 Å². The Morgan fingerprint density at radius 2 is 2.21 bits per heavy atom. The van der Waals surface area contributed by atoms with Crippen molar-refractivity contribution in [2.75, 3.05) is 19.7 Å². The molecule has 1 saturated heterocycles. The van der Waals surface area contributed by atoms with Crippen molar-refractivity contribution in [2.45, 2.75) is 19.1 Å². The van der Waals surface area contributed by atoms with Gasteiger partial charge in [-0.15, -0.1) is 0 Å². The van der Waals surface area contributed by atoms with E-state index in [2.05, 4.69) is 9.88 Å². The quantitative estimate of drug-likeness (QED) is 0.841. The van der Waals surface area contributed by atoms with Crippen LogP contribution in [0.5, 0.6) is 5.75 Å². The average molecular weight is 328 g/mol. The fourth-order valence-electron chi connectivity index (χ4n) is 2.87. The summed E-state index contributed by atoms with van der Waals surface area (Å²) in [4.78, 5) is 17.3. The molecule has 1 atom stereocenters. The number of pyridine rings is 1. The van der Waals surface area contributed by atoms with Crippen LogP contribution < -0.4 is 4.74 Å². The topological polar surface area (TPSA) is 82.9 Å². The third-order valence-corrected chi connectivity index (χ3v) is 4.01. The van der Waals surface area contributed by atoms with Crippen LogP contribution in [0.3, 0.4) is 0 Å². The van der Waals surface area contributed by atoms with Crippen molar-refractivity contribution in [3.8, 4) is 17.0 Å². The summed E-state index contributed by atoms with van der Waals surface area (Å²) in [5.74, 6) is -0.454. The van der Waals surface area contributed by atoms with Gasteiger partial charge < -0.3 is 14.9 Å². The first-order chi connectivity index (χ1) is 11.6. The first-order valence-corrected chi connectivity index (χ1v) is 7.91. The van der Waals surface area contributed by atoms with Gasteiger partial charge in [-0.3, -0.25) is 9.88 Å². The number of rotatable bonds is 6. The first-order valence-electron chi connectivity index (χ1n) is 7.91. The van der Waals surface area contributed by atoms with Gasteiger partial charge in [-0.25, -0.2) is 4.79 Å². The van der Waals surface area contributed by atoms with E-state index >= 15 is 0 Å². The highest BCUT2D eigenvalue weighted by Crippen LogP contribution is 2.28. The predicted octanol–water partition coefficient (Wildman–Crippen LogP) is 1.78. The zero-order valence-electron chi connectivity index (χ0n) is 13.3. The van der Waals surface area contributed by atoms with Crippen LogP contribution in [0.2, 0.25) is 0 Å². The van der Waals surface area contributed by atoms with E-state index in [-0.39, 0.29) is 12.7 Å². The maximum absolute atomic E-state index is 10.8. The summed E-state index contributed by atoms with van der Waals surface area (Å²) in [5.41, 5.74) is 2.70. The van der Waals surface area contributed by atoms with Crippen LogP contribution in [0, 0.1) is 0 Å². The highest BCUT2D eigenvalue weighted by atomic mass is 16.5. The highest BCUT2D eigenvalue weighted by molar-refractivity contribution is 5.69. The summed E-state index contributed by atoms with van der Waals surface area (Å²) < 4.78 is 5.42. The maximum Gasteiger partial charge on any atom is 0.341 e. The third kappa shape index (κ3) is 4.10. The number of carboxylic acids is 1. The van der Waals surface area contributed by atoms with Gasteiger partial charge in [-0.2, -0.15) is 0 Å². The van der Waals surface area contributed by atoms with Crippen LogP contribution in [-0.2, 0) is 11.3 Å². The number of aromatic nitrogens is 1. The number of aliphatic hydroxyl groups is 1. The highest BCUT2D eigenvalue weighted by Gasteiger charge is 2.21. The fraction of sp³-hybridized carbons (Fsp3) is 0.333. The van der Waals surface area contributed by atoms with Crippen molar-refractivity contribution in [2.24, 2.45) is 0 Å². The Kier molecular flexibility index (Phi) is 5.08. The molecule has 2 aromatic rings. The van der Waals surface area contributed by atoms with Crippen LogP contribution in [0.25, 0.3) is 11.3 Å². The van der Waals surface area contributed by atoms with Crippen LogP contribution in [0.1, 0.15) is 12.0 Å². The Hall–Kier alpha value is -2.44. The molecule has 1 aliphatic heterocycles. The number of carboxylic acid groups (broad SMARTS) is 1. The molecule has 0 spiro atoms. The van der Waals surface area contributed by atoms with Gasteiger partial charge in [0.1, 0.15) is 5.75 Å².